The Labute approximate surface area is 167 Å². The lowest BCUT2D eigenvalue weighted by Gasteiger charge is -2.30. The average Bonchev–Trinajstić information content (AvgIpc) is 2.69. The molecular weight excluding hydrogens is 358 g/mol. The molecule has 7 heteroatoms. The number of carbonyl (C=O) groups is 3. The molecular formula is C21H31N3O4. The Hall–Kier alpha value is -2.41. The van der Waals surface area contributed by atoms with Gasteiger partial charge < -0.3 is 15.0 Å². The molecule has 7 nitrogen and oxygen atoms in total. The lowest BCUT2D eigenvalue weighted by atomic mass is 9.98. The van der Waals surface area contributed by atoms with E-state index in [1.54, 1.807) is 36.1 Å². The third-order valence-electron chi connectivity index (χ3n) is 4.94. The summed E-state index contributed by atoms with van der Waals surface area (Å²) in [6.07, 6.45) is 1.66. The van der Waals surface area contributed by atoms with E-state index in [4.69, 9.17) is 4.74 Å². The van der Waals surface area contributed by atoms with Crippen LogP contribution in [0.15, 0.2) is 24.3 Å². The molecule has 1 aliphatic heterocycles. The van der Waals surface area contributed by atoms with Crippen molar-refractivity contribution in [1.82, 2.24) is 9.80 Å². The molecule has 1 aliphatic rings. The summed E-state index contributed by atoms with van der Waals surface area (Å²) in [5.74, 6) is -0.557. The quantitative estimate of drug-likeness (QED) is 0.691. The van der Waals surface area contributed by atoms with Gasteiger partial charge in [0.2, 0.25) is 5.91 Å². The number of amides is 2. The highest BCUT2D eigenvalue weighted by Gasteiger charge is 2.27. The van der Waals surface area contributed by atoms with Crippen LogP contribution >= 0.6 is 0 Å². The first-order valence-electron chi connectivity index (χ1n) is 10.1. The van der Waals surface area contributed by atoms with Crippen LogP contribution in [0.2, 0.25) is 0 Å². The summed E-state index contributed by atoms with van der Waals surface area (Å²) in [6.45, 7) is 8.86. The Morgan fingerprint density at radius 1 is 1.21 bits per heavy atom. The number of nitrogens with one attached hydrogen (secondary N) is 1. The molecule has 28 heavy (non-hydrogen) atoms. The Morgan fingerprint density at radius 3 is 2.64 bits per heavy atom. The van der Waals surface area contributed by atoms with Crippen LogP contribution in [0.5, 0.6) is 0 Å². The highest BCUT2D eigenvalue weighted by molar-refractivity contribution is 5.97. The van der Waals surface area contributed by atoms with E-state index in [0.717, 1.165) is 19.4 Å². The summed E-state index contributed by atoms with van der Waals surface area (Å²) in [5.41, 5.74) is 1.16. The van der Waals surface area contributed by atoms with Gasteiger partial charge in [0.15, 0.2) is 0 Å². The van der Waals surface area contributed by atoms with E-state index in [2.05, 4.69) is 5.32 Å². The molecule has 0 aromatic heterocycles. The van der Waals surface area contributed by atoms with Crippen molar-refractivity contribution in [3.8, 4) is 0 Å². The van der Waals surface area contributed by atoms with E-state index in [-0.39, 0.29) is 30.2 Å². The molecule has 0 spiro atoms. The van der Waals surface area contributed by atoms with Crippen molar-refractivity contribution >= 4 is 23.5 Å². The molecule has 154 valence electrons. The van der Waals surface area contributed by atoms with Gasteiger partial charge in [0.05, 0.1) is 19.1 Å². The van der Waals surface area contributed by atoms with Gasteiger partial charge in [-0.3, -0.25) is 19.3 Å². The van der Waals surface area contributed by atoms with Crippen LogP contribution in [0.3, 0.4) is 0 Å². The minimum Gasteiger partial charge on any atom is -0.466 e. The first kappa shape index (κ1) is 21.9. The van der Waals surface area contributed by atoms with Crippen molar-refractivity contribution in [2.45, 2.75) is 33.6 Å². The Balaban J connectivity index is 1.93. The van der Waals surface area contributed by atoms with Crippen LogP contribution < -0.4 is 5.32 Å². The van der Waals surface area contributed by atoms with Gasteiger partial charge in [-0.25, -0.2) is 0 Å². The van der Waals surface area contributed by atoms with E-state index in [1.807, 2.05) is 18.7 Å². The largest absolute Gasteiger partial charge is 0.466 e. The van der Waals surface area contributed by atoms with Gasteiger partial charge in [-0.1, -0.05) is 6.07 Å². The lowest BCUT2D eigenvalue weighted by Crippen LogP contribution is -2.43. The Kier molecular flexibility index (Phi) is 8.44. The summed E-state index contributed by atoms with van der Waals surface area (Å²) in [5, 5.41) is 2.86. The fourth-order valence-electron chi connectivity index (χ4n) is 3.48. The zero-order chi connectivity index (χ0) is 20.5. The molecule has 0 bridgehead atoms. The third kappa shape index (κ3) is 6.05. The number of anilines is 1. The van der Waals surface area contributed by atoms with Crippen molar-refractivity contribution in [1.29, 1.82) is 0 Å². The average molecular weight is 389 g/mol. The minimum atomic E-state index is -0.185. The molecule has 0 saturated carbocycles. The number of carbonyl (C=O) groups excluding carboxylic acids is 3. The molecule has 2 amide bonds. The highest BCUT2D eigenvalue weighted by Crippen LogP contribution is 2.18. The lowest BCUT2D eigenvalue weighted by molar-refractivity contribution is -0.150. The van der Waals surface area contributed by atoms with Gasteiger partial charge in [-0.2, -0.15) is 0 Å². The maximum atomic E-state index is 12.5. The van der Waals surface area contributed by atoms with Gasteiger partial charge in [0.1, 0.15) is 0 Å². The summed E-state index contributed by atoms with van der Waals surface area (Å²) in [7, 11) is 0. The molecule has 0 aliphatic carbocycles. The van der Waals surface area contributed by atoms with E-state index < -0.39 is 0 Å². The number of nitrogens with zero attached hydrogens (tertiary/aromatic N) is 2. The number of ether oxygens (including phenoxy) is 1. The number of likely N-dealkylation sites (tertiary alicyclic amines) is 1. The van der Waals surface area contributed by atoms with Crippen LogP contribution in [0.4, 0.5) is 5.69 Å². The summed E-state index contributed by atoms with van der Waals surface area (Å²) < 4.78 is 5.10. The smallest absolute Gasteiger partial charge is 0.310 e. The predicted molar refractivity (Wildman–Crippen MR) is 108 cm³/mol. The molecule has 2 rings (SSSR count). The second kappa shape index (κ2) is 10.8. The maximum Gasteiger partial charge on any atom is 0.310 e. The molecule has 1 atom stereocenters. The summed E-state index contributed by atoms with van der Waals surface area (Å²) >= 11 is 0. The fourth-order valence-corrected chi connectivity index (χ4v) is 3.48. The molecule has 1 aromatic rings. The monoisotopic (exact) mass is 389 g/mol. The van der Waals surface area contributed by atoms with Crippen LogP contribution in [0.25, 0.3) is 0 Å². The molecule has 1 heterocycles. The van der Waals surface area contributed by atoms with Crippen molar-refractivity contribution in [3.63, 3.8) is 0 Å². The van der Waals surface area contributed by atoms with Crippen molar-refractivity contribution in [2.75, 3.05) is 44.6 Å². The topological polar surface area (TPSA) is 79.0 Å². The molecule has 1 N–H and O–H groups in total. The molecule has 1 fully saturated rings. The number of esters is 1. The maximum absolute atomic E-state index is 12.5. The zero-order valence-corrected chi connectivity index (χ0v) is 17.1. The second-order valence-corrected chi connectivity index (χ2v) is 6.93. The number of rotatable bonds is 8. The van der Waals surface area contributed by atoms with Crippen LogP contribution in [0.1, 0.15) is 44.0 Å². The fraction of sp³-hybridized carbons (Fsp3) is 0.571. The normalized spacial score (nSPS) is 17.0. The van der Waals surface area contributed by atoms with Crippen LogP contribution in [0, 0.1) is 5.92 Å². The number of hydrogen-bond donors (Lipinski definition) is 1. The second-order valence-electron chi connectivity index (χ2n) is 6.93. The van der Waals surface area contributed by atoms with E-state index >= 15 is 0 Å². The SMILES string of the molecule is CCOC(=O)[C@H]1CCCN(CC(=O)Nc2cccc(C(=O)N(CC)CC)c2)C1. The summed E-state index contributed by atoms with van der Waals surface area (Å²) in [6, 6.07) is 7.00. The third-order valence-corrected chi connectivity index (χ3v) is 4.94. The van der Waals surface area contributed by atoms with Gasteiger partial charge in [0, 0.05) is 30.9 Å². The van der Waals surface area contributed by atoms with Gasteiger partial charge in [0.25, 0.3) is 5.91 Å². The van der Waals surface area contributed by atoms with Crippen LogP contribution in [-0.2, 0) is 14.3 Å². The standard InChI is InChI=1S/C21H31N3O4/c1-4-24(5-2)20(26)16-9-7-11-18(13-16)22-19(25)15-23-12-8-10-17(14-23)21(27)28-6-3/h7,9,11,13,17H,4-6,8,10,12,14-15H2,1-3H3,(H,22,25)/t17-/m0/s1. The zero-order valence-electron chi connectivity index (χ0n) is 17.1. The number of piperidine rings is 1. The van der Waals surface area contributed by atoms with E-state index in [0.29, 0.717) is 37.5 Å². The van der Waals surface area contributed by atoms with Crippen molar-refractivity contribution in [2.24, 2.45) is 5.92 Å². The first-order chi connectivity index (χ1) is 13.5. The van der Waals surface area contributed by atoms with E-state index in [1.165, 1.54) is 0 Å². The van der Waals surface area contributed by atoms with E-state index in [9.17, 15) is 14.4 Å². The molecule has 0 radical (unpaired) electrons. The Morgan fingerprint density at radius 2 is 1.96 bits per heavy atom. The number of hydrogen-bond acceptors (Lipinski definition) is 5. The van der Waals surface area contributed by atoms with Crippen molar-refractivity contribution in [3.05, 3.63) is 29.8 Å². The highest BCUT2D eigenvalue weighted by atomic mass is 16.5. The molecule has 1 saturated heterocycles. The first-order valence-corrected chi connectivity index (χ1v) is 10.1. The molecule has 1 aromatic carbocycles. The number of benzene rings is 1. The minimum absolute atomic E-state index is 0.0468. The van der Waals surface area contributed by atoms with Gasteiger partial charge in [-0.05, 0) is 58.4 Å². The van der Waals surface area contributed by atoms with Gasteiger partial charge in [-0.15, -0.1) is 0 Å². The van der Waals surface area contributed by atoms with Crippen molar-refractivity contribution < 1.29 is 19.1 Å². The summed E-state index contributed by atoms with van der Waals surface area (Å²) in [4.78, 5) is 40.6. The Bertz CT molecular complexity index is 688. The van der Waals surface area contributed by atoms with Gasteiger partial charge >= 0.3 is 5.97 Å². The molecule has 0 unspecified atom stereocenters. The predicted octanol–water partition coefficient (Wildman–Crippen LogP) is 2.38. The van der Waals surface area contributed by atoms with Crippen LogP contribution in [-0.4, -0.2) is 66.9 Å².